The van der Waals surface area contributed by atoms with E-state index >= 15 is 0 Å². The Bertz CT molecular complexity index is 1090. The lowest BCUT2D eigenvalue weighted by Crippen LogP contribution is -2.52. The molecule has 2 amide bonds. The van der Waals surface area contributed by atoms with Gasteiger partial charge in [0, 0.05) is 36.0 Å². The minimum absolute atomic E-state index is 0.0706. The van der Waals surface area contributed by atoms with Crippen molar-refractivity contribution in [1.82, 2.24) is 9.88 Å². The third-order valence-electron chi connectivity index (χ3n) is 3.86. The predicted molar refractivity (Wildman–Crippen MR) is 101 cm³/mol. The molecule has 5 heteroatoms. The summed E-state index contributed by atoms with van der Waals surface area (Å²) in [5.74, 6) is -1.39. The van der Waals surface area contributed by atoms with E-state index in [1.54, 1.807) is 45.0 Å². The highest BCUT2D eigenvalue weighted by molar-refractivity contribution is 6.08. The molecule has 3 N–H and O–H groups in total. The Hall–Kier alpha value is -2.30. The van der Waals surface area contributed by atoms with Crippen LogP contribution in [0.1, 0.15) is 69.4 Å². The molecule has 5 nitrogen and oxygen atoms in total. The maximum atomic E-state index is 13.1. The molecule has 0 aliphatic rings. The molecule has 0 radical (unpaired) electrons. The van der Waals surface area contributed by atoms with E-state index in [4.69, 9.17) is 18.1 Å². The summed E-state index contributed by atoms with van der Waals surface area (Å²) in [6.45, 7) is 0.983. The molecule has 1 aromatic carbocycles. The molecule has 0 bridgehead atoms. The standard InChI is InChI=1S/C20H29N3O2/c1-5-6-9-12-23-13-15(14-10-7-8-11-16(14)23)19(25)22-17(18(21)24)20(2,3)4/h7-8,10-11,13,17H,5-6,9,12H2,1-4H3,(H2,21,24)(H,22,25)/i1D3,5D2,6D2,9D2. The number of rotatable bonds is 7. The van der Waals surface area contributed by atoms with Gasteiger partial charge in [0.1, 0.15) is 6.04 Å². The highest BCUT2D eigenvalue weighted by Crippen LogP contribution is 2.24. The van der Waals surface area contributed by atoms with E-state index in [1.807, 2.05) is 0 Å². The number of para-hydroxylation sites is 1. The summed E-state index contributed by atoms with van der Waals surface area (Å²) < 4.78 is 71.5. The fraction of sp³-hybridized carbons (Fsp3) is 0.500. The molecular weight excluding hydrogens is 314 g/mol. The number of fused-ring (bicyclic) bond motifs is 1. The zero-order valence-corrected chi connectivity index (χ0v) is 14.5. The Kier molecular flexibility index (Phi) is 3.09. The van der Waals surface area contributed by atoms with Gasteiger partial charge in [0.15, 0.2) is 0 Å². The van der Waals surface area contributed by atoms with Crippen molar-refractivity contribution in [2.24, 2.45) is 11.1 Å². The first-order valence-electron chi connectivity index (χ1n) is 12.3. The first-order valence-corrected chi connectivity index (χ1v) is 7.83. The summed E-state index contributed by atoms with van der Waals surface area (Å²) in [7, 11) is 0. The van der Waals surface area contributed by atoms with Crippen LogP contribution >= 0.6 is 0 Å². The molecule has 0 spiro atoms. The number of carbonyl (C=O) groups excluding carboxylic acids is 2. The maximum Gasteiger partial charge on any atom is 0.254 e. The number of nitrogens with zero attached hydrogens (tertiary/aromatic N) is 1. The second-order valence-electron chi connectivity index (χ2n) is 6.79. The highest BCUT2D eigenvalue weighted by atomic mass is 16.2. The summed E-state index contributed by atoms with van der Waals surface area (Å²) in [6.07, 6.45) is -8.63. The van der Waals surface area contributed by atoms with Gasteiger partial charge in [0.25, 0.3) is 5.91 Å². The molecule has 0 fully saturated rings. The molecule has 1 aromatic heterocycles. The van der Waals surface area contributed by atoms with E-state index in [9.17, 15) is 9.59 Å². The number of carbonyl (C=O) groups is 2. The number of nitrogens with two attached hydrogens (primary N) is 1. The van der Waals surface area contributed by atoms with Crippen LogP contribution < -0.4 is 11.1 Å². The monoisotopic (exact) mass is 352 g/mol. The molecule has 0 aliphatic carbocycles. The number of nitrogens with one attached hydrogen (secondary N) is 1. The van der Waals surface area contributed by atoms with E-state index in [1.165, 1.54) is 10.8 Å². The van der Waals surface area contributed by atoms with Gasteiger partial charge in [-0.2, -0.15) is 0 Å². The van der Waals surface area contributed by atoms with Crippen LogP contribution in [0.3, 0.4) is 0 Å². The third kappa shape index (κ3) is 4.41. The van der Waals surface area contributed by atoms with Crippen molar-refractivity contribution in [3.8, 4) is 0 Å². The van der Waals surface area contributed by atoms with Crippen molar-refractivity contribution in [2.75, 3.05) is 0 Å². The lowest BCUT2D eigenvalue weighted by molar-refractivity contribution is -0.122. The van der Waals surface area contributed by atoms with Gasteiger partial charge in [-0.25, -0.2) is 0 Å². The number of hydrogen-bond acceptors (Lipinski definition) is 2. The Balaban J connectivity index is 2.53. The maximum absolute atomic E-state index is 13.1. The molecule has 0 saturated carbocycles. The van der Waals surface area contributed by atoms with Crippen LogP contribution in [-0.2, 0) is 11.3 Å². The van der Waals surface area contributed by atoms with Gasteiger partial charge >= 0.3 is 0 Å². The fourth-order valence-electron chi connectivity index (χ4n) is 2.65. The Labute approximate surface area is 162 Å². The van der Waals surface area contributed by atoms with E-state index in [0.717, 1.165) is 0 Å². The Morgan fingerprint density at radius 3 is 2.68 bits per heavy atom. The van der Waals surface area contributed by atoms with Gasteiger partial charge in [-0.3, -0.25) is 9.59 Å². The van der Waals surface area contributed by atoms with Crippen LogP contribution in [0.4, 0.5) is 0 Å². The van der Waals surface area contributed by atoms with Crippen molar-refractivity contribution in [2.45, 2.75) is 59.3 Å². The largest absolute Gasteiger partial charge is 0.368 e. The van der Waals surface area contributed by atoms with E-state index < -0.39 is 55.8 Å². The minimum atomic E-state index is -3.49. The average molecular weight is 353 g/mol. The van der Waals surface area contributed by atoms with Crippen molar-refractivity contribution in [3.05, 3.63) is 36.0 Å². The smallest absolute Gasteiger partial charge is 0.254 e. The van der Waals surface area contributed by atoms with E-state index in [0.29, 0.717) is 10.9 Å². The van der Waals surface area contributed by atoms with Crippen LogP contribution in [0, 0.1) is 5.41 Å². The number of benzene rings is 1. The van der Waals surface area contributed by atoms with Gasteiger partial charge in [-0.15, -0.1) is 0 Å². The van der Waals surface area contributed by atoms with Crippen LogP contribution in [-0.4, -0.2) is 22.4 Å². The molecule has 1 heterocycles. The molecule has 0 aliphatic heterocycles. The zero-order chi connectivity index (χ0) is 26.5. The van der Waals surface area contributed by atoms with Crippen molar-refractivity contribution in [3.63, 3.8) is 0 Å². The van der Waals surface area contributed by atoms with Crippen molar-refractivity contribution < 1.29 is 21.9 Å². The second-order valence-corrected chi connectivity index (χ2v) is 6.79. The fourth-order valence-corrected chi connectivity index (χ4v) is 2.65. The van der Waals surface area contributed by atoms with Crippen LogP contribution in [0.15, 0.2) is 30.5 Å². The molecule has 2 aromatic rings. The number of hydrogen-bond donors (Lipinski definition) is 2. The van der Waals surface area contributed by atoms with Crippen molar-refractivity contribution >= 4 is 22.7 Å². The summed E-state index contributed by atoms with van der Waals surface area (Å²) in [5.41, 5.74) is 5.17. The van der Waals surface area contributed by atoms with Crippen LogP contribution in [0.5, 0.6) is 0 Å². The lowest BCUT2D eigenvalue weighted by Gasteiger charge is -2.28. The van der Waals surface area contributed by atoms with Gasteiger partial charge in [-0.05, 0) is 17.9 Å². The summed E-state index contributed by atoms with van der Waals surface area (Å²) in [6, 6.07) is 5.40. The second kappa shape index (κ2) is 7.72. The van der Waals surface area contributed by atoms with Gasteiger partial charge in [0.05, 0.1) is 5.56 Å². The minimum Gasteiger partial charge on any atom is -0.368 e. The van der Waals surface area contributed by atoms with Gasteiger partial charge in [0.2, 0.25) is 5.91 Å². The zero-order valence-electron chi connectivity index (χ0n) is 23.5. The third-order valence-corrected chi connectivity index (χ3v) is 3.86. The molecule has 2 rings (SSSR count). The van der Waals surface area contributed by atoms with Crippen LogP contribution in [0.2, 0.25) is 0 Å². The highest BCUT2D eigenvalue weighted by Gasteiger charge is 2.32. The van der Waals surface area contributed by atoms with E-state index in [2.05, 4.69) is 5.32 Å². The molecule has 0 saturated heterocycles. The number of primary amides is 1. The summed E-state index contributed by atoms with van der Waals surface area (Å²) in [4.78, 5) is 24.9. The van der Waals surface area contributed by atoms with Crippen molar-refractivity contribution in [1.29, 1.82) is 0 Å². The first-order chi connectivity index (χ1) is 15.1. The molecule has 25 heavy (non-hydrogen) atoms. The van der Waals surface area contributed by atoms with Gasteiger partial charge in [-0.1, -0.05) is 58.6 Å². The Morgan fingerprint density at radius 2 is 2.04 bits per heavy atom. The number of aryl methyl sites for hydroxylation is 1. The molecular formula is C20H29N3O2. The Morgan fingerprint density at radius 1 is 1.32 bits per heavy atom. The van der Waals surface area contributed by atoms with Gasteiger partial charge < -0.3 is 15.6 Å². The molecule has 136 valence electrons. The van der Waals surface area contributed by atoms with E-state index in [-0.39, 0.29) is 5.56 Å². The predicted octanol–water partition coefficient (Wildman–Crippen LogP) is 3.46. The topological polar surface area (TPSA) is 77.1 Å². The normalized spacial score (nSPS) is 20.5. The summed E-state index contributed by atoms with van der Waals surface area (Å²) in [5, 5.41) is 2.97. The molecule has 1 atom stereocenters. The lowest BCUT2D eigenvalue weighted by atomic mass is 9.86. The molecule has 1 unspecified atom stereocenters. The van der Waals surface area contributed by atoms with Crippen LogP contribution in [0.25, 0.3) is 10.9 Å². The number of aromatic nitrogens is 1. The number of amides is 2. The first kappa shape index (κ1) is 10.00. The summed E-state index contributed by atoms with van der Waals surface area (Å²) >= 11 is 0. The average Bonchev–Trinajstić information content (AvgIpc) is 3.01. The quantitative estimate of drug-likeness (QED) is 0.800. The SMILES string of the molecule is [2H]C([2H])([2H])C([2H])([2H])C([2H])([2H])C([2H])([2H])Cn1cc(C(=O)NC(C(N)=O)C(C)(C)C)c2ccccc21.